The maximum Gasteiger partial charge on any atom is 0.210 e. The minimum atomic E-state index is -0.435. The topological polar surface area (TPSA) is 63.6 Å². The Bertz CT molecular complexity index is 824. The van der Waals surface area contributed by atoms with E-state index in [0.717, 1.165) is 11.8 Å². The second kappa shape index (κ2) is 6.97. The summed E-state index contributed by atoms with van der Waals surface area (Å²) in [4.78, 5) is 7.82. The Morgan fingerprint density at radius 1 is 1.22 bits per heavy atom. The van der Waals surface area contributed by atoms with E-state index < -0.39 is 5.82 Å². The van der Waals surface area contributed by atoms with Crippen LogP contribution in [0.2, 0.25) is 0 Å². The molecule has 0 amide bonds. The molecular weight excluding hydrogens is 340 g/mol. The molecule has 3 rings (SSSR count). The number of hydrogen-bond donors (Lipinski definition) is 1. The van der Waals surface area contributed by atoms with Crippen molar-refractivity contribution < 1.29 is 8.78 Å². The van der Waals surface area contributed by atoms with E-state index in [-0.39, 0.29) is 10.8 Å². The van der Waals surface area contributed by atoms with Crippen molar-refractivity contribution >= 4 is 33.9 Å². The number of hydrogen-bond acceptors (Lipinski definition) is 7. The Balaban J connectivity index is 1.75. The average molecular weight is 351 g/mol. The third-order valence-electron chi connectivity index (χ3n) is 2.83. The quantitative estimate of drug-likeness (QED) is 0.699. The molecule has 0 saturated carbocycles. The van der Waals surface area contributed by atoms with Crippen LogP contribution < -0.4 is 5.32 Å². The fraction of sp³-hybridized carbons (Fsp3) is 0.143. The van der Waals surface area contributed by atoms with Gasteiger partial charge in [-0.3, -0.25) is 0 Å². The maximum absolute atomic E-state index is 14.1. The third-order valence-corrected chi connectivity index (χ3v) is 4.70. The highest BCUT2D eigenvalue weighted by molar-refractivity contribution is 8.01. The van der Waals surface area contributed by atoms with E-state index in [1.165, 1.54) is 29.8 Å². The van der Waals surface area contributed by atoms with Crippen LogP contribution >= 0.6 is 23.1 Å². The van der Waals surface area contributed by atoms with Gasteiger partial charge in [0, 0.05) is 5.69 Å². The van der Waals surface area contributed by atoms with Gasteiger partial charge in [-0.15, -0.1) is 10.2 Å². The van der Waals surface area contributed by atoms with E-state index in [1.54, 1.807) is 12.1 Å². The third kappa shape index (κ3) is 3.80. The predicted octanol–water partition coefficient (Wildman–Crippen LogP) is 4.06. The first-order chi connectivity index (χ1) is 11.2. The smallest absolute Gasteiger partial charge is 0.210 e. The average Bonchev–Trinajstić information content (AvgIpc) is 2.96. The van der Waals surface area contributed by atoms with Crippen molar-refractivity contribution in [2.75, 3.05) is 5.32 Å². The van der Waals surface area contributed by atoms with Gasteiger partial charge in [0.2, 0.25) is 5.13 Å². The lowest BCUT2D eigenvalue weighted by atomic mass is 10.3. The molecule has 0 radical (unpaired) electrons. The fourth-order valence-corrected chi connectivity index (χ4v) is 3.47. The van der Waals surface area contributed by atoms with Crippen molar-refractivity contribution in [1.29, 1.82) is 0 Å². The Hall–Kier alpha value is -2.13. The molecule has 0 unspecified atom stereocenters. The number of nitrogens with zero attached hydrogens (tertiary/aromatic N) is 4. The first-order valence-electron chi connectivity index (χ1n) is 6.69. The summed E-state index contributed by atoms with van der Waals surface area (Å²) in [6.45, 7) is 1.83. The van der Waals surface area contributed by atoms with Gasteiger partial charge in [-0.25, -0.2) is 18.7 Å². The molecule has 1 aromatic carbocycles. The van der Waals surface area contributed by atoms with Gasteiger partial charge in [0.15, 0.2) is 10.2 Å². The van der Waals surface area contributed by atoms with Crippen molar-refractivity contribution in [3.05, 3.63) is 47.9 Å². The summed E-state index contributed by atoms with van der Waals surface area (Å²) in [6.07, 6.45) is 1.82. The van der Waals surface area contributed by atoms with Gasteiger partial charge in [0.1, 0.15) is 17.2 Å². The van der Waals surface area contributed by atoms with Crippen LogP contribution in [0.3, 0.4) is 0 Å². The van der Waals surface area contributed by atoms with Gasteiger partial charge in [-0.1, -0.05) is 24.3 Å². The highest BCUT2D eigenvalue weighted by Gasteiger charge is 2.14. The SMILES string of the molecule is CCc1ncnc(Sc2nnc(Nc3cccc(F)c3)s2)c1F. The zero-order chi connectivity index (χ0) is 16.2. The maximum atomic E-state index is 14.1. The minimum absolute atomic E-state index is 0.213. The highest BCUT2D eigenvalue weighted by Crippen LogP contribution is 2.33. The van der Waals surface area contributed by atoms with Crippen LogP contribution in [0.25, 0.3) is 0 Å². The number of nitrogens with one attached hydrogen (secondary N) is 1. The van der Waals surface area contributed by atoms with E-state index >= 15 is 0 Å². The van der Waals surface area contributed by atoms with Crippen LogP contribution in [-0.4, -0.2) is 20.2 Å². The Labute approximate surface area is 139 Å². The summed E-state index contributed by atoms with van der Waals surface area (Å²) >= 11 is 2.31. The highest BCUT2D eigenvalue weighted by atomic mass is 32.2. The molecule has 0 aliphatic carbocycles. The Kier molecular flexibility index (Phi) is 4.77. The lowest BCUT2D eigenvalue weighted by Crippen LogP contribution is -1.97. The number of aromatic nitrogens is 4. The van der Waals surface area contributed by atoms with Gasteiger partial charge < -0.3 is 5.32 Å². The van der Waals surface area contributed by atoms with Gasteiger partial charge in [0.25, 0.3) is 0 Å². The van der Waals surface area contributed by atoms with E-state index in [1.807, 2.05) is 6.92 Å². The molecule has 9 heteroatoms. The number of rotatable bonds is 5. The normalized spacial score (nSPS) is 10.7. The largest absolute Gasteiger partial charge is 0.330 e. The van der Waals surface area contributed by atoms with Crippen LogP contribution in [0, 0.1) is 11.6 Å². The number of benzene rings is 1. The number of aryl methyl sites for hydroxylation is 1. The Morgan fingerprint density at radius 2 is 2.09 bits per heavy atom. The van der Waals surface area contributed by atoms with Gasteiger partial charge in [0.05, 0.1) is 5.69 Å². The van der Waals surface area contributed by atoms with Crippen LogP contribution in [0.5, 0.6) is 0 Å². The molecule has 5 nitrogen and oxygen atoms in total. The molecule has 0 bridgehead atoms. The molecule has 2 heterocycles. The van der Waals surface area contributed by atoms with E-state index in [9.17, 15) is 8.78 Å². The molecule has 0 spiro atoms. The van der Waals surface area contributed by atoms with Crippen molar-refractivity contribution in [3.8, 4) is 0 Å². The Morgan fingerprint density at radius 3 is 2.87 bits per heavy atom. The molecule has 2 aromatic heterocycles. The monoisotopic (exact) mass is 351 g/mol. The molecule has 118 valence electrons. The molecule has 0 aliphatic heterocycles. The van der Waals surface area contributed by atoms with E-state index in [2.05, 4.69) is 25.5 Å². The van der Waals surface area contributed by atoms with Crippen LogP contribution in [0.1, 0.15) is 12.6 Å². The fourth-order valence-electron chi connectivity index (χ4n) is 1.78. The van der Waals surface area contributed by atoms with Crippen molar-refractivity contribution in [1.82, 2.24) is 20.2 Å². The second-order valence-electron chi connectivity index (χ2n) is 4.40. The molecular formula is C14H11F2N5S2. The molecule has 1 N–H and O–H groups in total. The number of halogens is 2. The summed E-state index contributed by atoms with van der Waals surface area (Å²) in [5.41, 5.74) is 0.935. The van der Waals surface area contributed by atoms with Crippen molar-refractivity contribution in [2.45, 2.75) is 22.7 Å². The van der Waals surface area contributed by atoms with E-state index in [4.69, 9.17) is 0 Å². The van der Waals surface area contributed by atoms with Crippen LogP contribution in [0.15, 0.2) is 40.0 Å². The standard InChI is InChI=1S/C14H11F2N5S2/c1-2-10-11(16)12(18-7-17-10)22-14-21-20-13(23-14)19-9-5-3-4-8(15)6-9/h3-7H,2H2,1H3,(H,19,20). The predicted molar refractivity (Wildman–Crippen MR) is 85.1 cm³/mol. The lowest BCUT2D eigenvalue weighted by Gasteiger charge is -2.02. The molecule has 0 aliphatic rings. The molecule has 0 atom stereocenters. The van der Waals surface area contributed by atoms with Gasteiger partial charge in [-0.2, -0.15) is 0 Å². The molecule has 0 fully saturated rings. The summed E-state index contributed by atoms with van der Waals surface area (Å²) in [5.74, 6) is -0.779. The van der Waals surface area contributed by atoms with Crippen LogP contribution in [-0.2, 0) is 6.42 Å². The van der Waals surface area contributed by atoms with Crippen molar-refractivity contribution in [3.63, 3.8) is 0 Å². The molecule has 23 heavy (non-hydrogen) atoms. The summed E-state index contributed by atoms with van der Waals surface area (Å²) in [5, 5.41) is 11.6. The number of anilines is 2. The van der Waals surface area contributed by atoms with E-state index in [0.29, 0.717) is 27.3 Å². The zero-order valence-electron chi connectivity index (χ0n) is 12.0. The summed E-state index contributed by atoms with van der Waals surface area (Å²) in [7, 11) is 0. The van der Waals surface area contributed by atoms with Crippen molar-refractivity contribution in [2.24, 2.45) is 0 Å². The van der Waals surface area contributed by atoms with Crippen LogP contribution in [0.4, 0.5) is 19.6 Å². The van der Waals surface area contributed by atoms with Gasteiger partial charge >= 0.3 is 0 Å². The first-order valence-corrected chi connectivity index (χ1v) is 8.32. The molecule has 3 aromatic rings. The lowest BCUT2D eigenvalue weighted by molar-refractivity contribution is 0.559. The first kappa shape index (κ1) is 15.8. The summed E-state index contributed by atoms with van der Waals surface area (Å²) in [6, 6.07) is 6.02. The minimum Gasteiger partial charge on any atom is -0.330 e. The summed E-state index contributed by atoms with van der Waals surface area (Å²) < 4.78 is 27.8. The molecule has 0 saturated heterocycles. The van der Waals surface area contributed by atoms with Gasteiger partial charge in [-0.05, 0) is 36.4 Å². The second-order valence-corrected chi connectivity index (χ2v) is 6.62. The zero-order valence-corrected chi connectivity index (χ0v) is 13.6.